The van der Waals surface area contributed by atoms with Gasteiger partial charge in [0.05, 0.1) is 14.2 Å². The van der Waals surface area contributed by atoms with E-state index in [2.05, 4.69) is 12.2 Å². The number of nitrogens with one attached hydrogen (secondary N) is 1. The third-order valence-corrected chi connectivity index (χ3v) is 3.69. The molecule has 0 saturated heterocycles. The van der Waals surface area contributed by atoms with Gasteiger partial charge in [0, 0.05) is 11.6 Å². The van der Waals surface area contributed by atoms with Crippen molar-refractivity contribution >= 4 is 11.6 Å². The average molecular weight is 286 g/mol. The molecule has 3 nitrogen and oxygen atoms in total. The highest BCUT2D eigenvalue weighted by Gasteiger charge is 2.19. The van der Waals surface area contributed by atoms with E-state index >= 15 is 0 Å². The summed E-state index contributed by atoms with van der Waals surface area (Å²) in [5, 5.41) is 3.88. The highest BCUT2D eigenvalue weighted by atomic mass is 35.5. The molecule has 1 atom stereocenters. The van der Waals surface area contributed by atoms with Crippen LogP contribution in [0.3, 0.4) is 0 Å². The Morgan fingerprint density at radius 2 is 1.95 bits per heavy atom. The van der Waals surface area contributed by atoms with Crippen molar-refractivity contribution in [3.63, 3.8) is 0 Å². The SMILES string of the molecule is CCCCCC(NC)c1ccc(OC)c(Cl)c1OC. The Morgan fingerprint density at radius 3 is 2.47 bits per heavy atom. The summed E-state index contributed by atoms with van der Waals surface area (Å²) in [7, 11) is 5.22. The van der Waals surface area contributed by atoms with Crippen LogP contribution >= 0.6 is 11.6 Å². The van der Waals surface area contributed by atoms with Gasteiger partial charge in [0.1, 0.15) is 16.5 Å². The minimum atomic E-state index is 0.255. The highest BCUT2D eigenvalue weighted by molar-refractivity contribution is 6.33. The molecule has 0 spiro atoms. The molecule has 1 aromatic rings. The number of rotatable bonds is 8. The predicted octanol–water partition coefficient (Wildman–Crippen LogP) is 4.20. The lowest BCUT2D eigenvalue weighted by atomic mass is 9.99. The Balaban J connectivity index is 2.99. The van der Waals surface area contributed by atoms with E-state index in [1.54, 1.807) is 14.2 Å². The first-order valence-electron chi connectivity index (χ1n) is 6.77. The Labute approximate surface area is 121 Å². The van der Waals surface area contributed by atoms with Crippen molar-refractivity contribution in [2.24, 2.45) is 0 Å². The molecule has 1 aromatic carbocycles. The van der Waals surface area contributed by atoms with E-state index in [0.29, 0.717) is 16.5 Å². The molecule has 0 aliphatic heterocycles. The number of methoxy groups -OCH3 is 2. The van der Waals surface area contributed by atoms with Crippen molar-refractivity contribution in [3.8, 4) is 11.5 Å². The summed E-state index contributed by atoms with van der Waals surface area (Å²) in [6.45, 7) is 2.21. The molecule has 0 amide bonds. The van der Waals surface area contributed by atoms with Crippen LogP contribution in [0.15, 0.2) is 12.1 Å². The van der Waals surface area contributed by atoms with Crippen LogP contribution in [0.25, 0.3) is 0 Å². The second-order valence-electron chi connectivity index (χ2n) is 4.54. The fourth-order valence-electron chi connectivity index (χ4n) is 2.25. The molecule has 0 bridgehead atoms. The Morgan fingerprint density at radius 1 is 1.21 bits per heavy atom. The third kappa shape index (κ3) is 4.02. The van der Waals surface area contributed by atoms with Gasteiger partial charge in [-0.15, -0.1) is 0 Å². The smallest absolute Gasteiger partial charge is 0.146 e. The third-order valence-electron chi connectivity index (χ3n) is 3.34. The van der Waals surface area contributed by atoms with Gasteiger partial charge in [0.2, 0.25) is 0 Å². The molecule has 0 radical (unpaired) electrons. The second kappa shape index (κ2) is 8.28. The summed E-state index contributed by atoms with van der Waals surface area (Å²) in [6, 6.07) is 4.17. The zero-order valence-electron chi connectivity index (χ0n) is 12.3. The molecule has 4 heteroatoms. The standard InChI is InChI=1S/C15H24ClNO2/c1-5-6-7-8-12(17-2)11-9-10-13(18-3)14(16)15(11)19-4/h9-10,12,17H,5-8H2,1-4H3. The number of hydrogen-bond acceptors (Lipinski definition) is 3. The van der Waals surface area contributed by atoms with Crippen molar-refractivity contribution in [2.75, 3.05) is 21.3 Å². The first-order valence-corrected chi connectivity index (χ1v) is 7.15. The molecule has 0 aliphatic rings. The first kappa shape index (κ1) is 16.1. The lowest BCUT2D eigenvalue weighted by Crippen LogP contribution is -2.17. The number of unbranched alkanes of at least 4 members (excludes halogenated alkanes) is 2. The maximum atomic E-state index is 6.30. The summed E-state index contributed by atoms with van der Waals surface area (Å²) in [5.41, 5.74) is 1.09. The molecule has 19 heavy (non-hydrogen) atoms. The topological polar surface area (TPSA) is 30.5 Å². The van der Waals surface area contributed by atoms with Crippen molar-refractivity contribution in [1.82, 2.24) is 5.32 Å². The van der Waals surface area contributed by atoms with Crippen molar-refractivity contribution in [2.45, 2.75) is 38.6 Å². The monoisotopic (exact) mass is 285 g/mol. The predicted molar refractivity (Wildman–Crippen MR) is 80.5 cm³/mol. The minimum absolute atomic E-state index is 0.255. The molecule has 0 saturated carbocycles. The van der Waals surface area contributed by atoms with Crippen LogP contribution in [0.2, 0.25) is 5.02 Å². The van der Waals surface area contributed by atoms with Crippen molar-refractivity contribution in [3.05, 3.63) is 22.7 Å². The van der Waals surface area contributed by atoms with Gasteiger partial charge in [0.15, 0.2) is 0 Å². The fourth-order valence-corrected chi connectivity index (χ4v) is 2.57. The van der Waals surface area contributed by atoms with Crippen LogP contribution < -0.4 is 14.8 Å². The normalized spacial score (nSPS) is 12.3. The molecule has 0 aromatic heterocycles. The number of hydrogen-bond donors (Lipinski definition) is 1. The zero-order chi connectivity index (χ0) is 14.3. The lowest BCUT2D eigenvalue weighted by Gasteiger charge is -2.21. The van der Waals surface area contributed by atoms with Crippen LogP contribution in [0.5, 0.6) is 11.5 Å². The quantitative estimate of drug-likeness (QED) is 0.726. The molecular weight excluding hydrogens is 262 g/mol. The molecule has 1 N–H and O–H groups in total. The number of halogens is 1. The molecule has 108 valence electrons. The van der Waals surface area contributed by atoms with Crippen LogP contribution in [-0.2, 0) is 0 Å². The summed E-state index contributed by atoms with van der Waals surface area (Å²) >= 11 is 6.30. The summed E-state index contributed by atoms with van der Waals surface area (Å²) in [5.74, 6) is 1.35. The van der Waals surface area contributed by atoms with Gasteiger partial charge in [-0.05, 0) is 25.6 Å². The lowest BCUT2D eigenvalue weighted by molar-refractivity contribution is 0.383. The Hall–Kier alpha value is -0.930. The fraction of sp³-hybridized carbons (Fsp3) is 0.600. The molecule has 0 heterocycles. The summed E-state index contributed by atoms with van der Waals surface area (Å²) in [6.07, 6.45) is 4.72. The van der Waals surface area contributed by atoms with E-state index in [1.807, 2.05) is 19.2 Å². The van der Waals surface area contributed by atoms with Crippen molar-refractivity contribution in [1.29, 1.82) is 0 Å². The molecule has 1 rings (SSSR count). The second-order valence-corrected chi connectivity index (χ2v) is 4.92. The molecular formula is C15H24ClNO2. The molecule has 1 unspecified atom stereocenters. The Bertz CT molecular complexity index is 396. The van der Waals surface area contributed by atoms with Gasteiger partial charge in [-0.25, -0.2) is 0 Å². The van der Waals surface area contributed by atoms with E-state index in [1.165, 1.54) is 19.3 Å². The summed E-state index contributed by atoms with van der Waals surface area (Å²) in [4.78, 5) is 0. The van der Waals surface area contributed by atoms with E-state index in [0.717, 1.165) is 12.0 Å². The van der Waals surface area contributed by atoms with Gasteiger partial charge in [-0.1, -0.05) is 37.8 Å². The van der Waals surface area contributed by atoms with Gasteiger partial charge in [0.25, 0.3) is 0 Å². The molecule has 0 fully saturated rings. The minimum Gasteiger partial charge on any atom is -0.495 e. The first-order chi connectivity index (χ1) is 9.19. The largest absolute Gasteiger partial charge is 0.495 e. The van der Waals surface area contributed by atoms with Crippen LogP contribution in [-0.4, -0.2) is 21.3 Å². The van der Waals surface area contributed by atoms with Crippen LogP contribution in [0, 0.1) is 0 Å². The van der Waals surface area contributed by atoms with Crippen LogP contribution in [0.4, 0.5) is 0 Å². The van der Waals surface area contributed by atoms with Gasteiger partial charge < -0.3 is 14.8 Å². The van der Waals surface area contributed by atoms with E-state index in [9.17, 15) is 0 Å². The van der Waals surface area contributed by atoms with Gasteiger partial charge >= 0.3 is 0 Å². The van der Waals surface area contributed by atoms with Crippen molar-refractivity contribution < 1.29 is 9.47 Å². The Kier molecular flexibility index (Phi) is 7.03. The number of ether oxygens (including phenoxy) is 2. The molecule has 0 aliphatic carbocycles. The number of benzene rings is 1. The maximum Gasteiger partial charge on any atom is 0.146 e. The highest BCUT2D eigenvalue weighted by Crippen LogP contribution is 2.40. The van der Waals surface area contributed by atoms with Crippen LogP contribution in [0.1, 0.15) is 44.2 Å². The van der Waals surface area contributed by atoms with Gasteiger partial charge in [-0.3, -0.25) is 0 Å². The van der Waals surface area contributed by atoms with E-state index < -0.39 is 0 Å². The maximum absolute atomic E-state index is 6.30. The average Bonchev–Trinajstić information content (AvgIpc) is 2.43. The van der Waals surface area contributed by atoms with E-state index in [4.69, 9.17) is 21.1 Å². The van der Waals surface area contributed by atoms with Gasteiger partial charge in [-0.2, -0.15) is 0 Å². The summed E-state index contributed by atoms with van der Waals surface area (Å²) < 4.78 is 10.7. The van der Waals surface area contributed by atoms with E-state index in [-0.39, 0.29) is 6.04 Å². The zero-order valence-corrected chi connectivity index (χ0v) is 13.0.